The highest BCUT2D eigenvalue weighted by atomic mass is 16.5. The van der Waals surface area contributed by atoms with Crippen LogP contribution in [-0.2, 0) is 6.61 Å². The van der Waals surface area contributed by atoms with E-state index in [9.17, 15) is 4.79 Å². The molecule has 0 aliphatic heterocycles. The van der Waals surface area contributed by atoms with Crippen LogP contribution in [0.5, 0.6) is 5.75 Å². The summed E-state index contributed by atoms with van der Waals surface area (Å²) < 4.78 is 5.68. The molecule has 0 spiro atoms. The molecule has 0 saturated heterocycles. The molecule has 0 aliphatic rings. The Kier molecular flexibility index (Phi) is 6.22. The van der Waals surface area contributed by atoms with Crippen LogP contribution in [0, 0.1) is 0 Å². The second kappa shape index (κ2) is 9.00. The summed E-state index contributed by atoms with van der Waals surface area (Å²) in [5, 5.41) is 10.1. The van der Waals surface area contributed by atoms with Gasteiger partial charge in [-0.05, 0) is 37.9 Å². The number of aromatic nitrogens is 2. The summed E-state index contributed by atoms with van der Waals surface area (Å²) in [6, 6.07) is 21.1. The number of ether oxygens (including phenoxy) is 1. The third-order valence-corrected chi connectivity index (χ3v) is 4.06. The van der Waals surface area contributed by atoms with Gasteiger partial charge in [0.1, 0.15) is 18.1 Å². The first kappa shape index (κ1) is 18.7. The minimum Gasteiger partial charge on any atom is -0.487 e. The Morgan fingerprint density at radius 1 is 1.11 bits per heavy atom. The number of likely N-dealkylation sites (N-methyl/N-ethyl adjacent to an activating group) is 1. The van der Waals surface area contributed by atoms with Crippen LogP contribution in [0.4, 0.5) is 0 Å². The third-order valence-electron chi connectivity index (χ3n) is 4.06. The molecule has 140 valence electrons. The molecule has 2 N–H and O–H groups in total. The molecular formula is C21H24N4O2. The van der Waals surface area contributed by atoms with Gasteiger partial charge >= 0.3 is 0 Å². The average molecular weight is 364 g/mol. The number of rotatable bonds is 8. The van der Waals surface area contributed by atoms with Crippen molar-refractivity contribution in [1.82, 2.24) is 20.4 Å². The maximum atomic E-state index is 12.6. The lowest BCUT2D eigenvalue weighted by Crippen LogP contribution is -2.35. The molecule has 6 heteroatoms. The molecule has 2 aromatic carbocycles. The Balaban J connectivity index is 1.63. The van der Waals surface area contributed by atoms with Gasteiger partial charge < -0.3 is 15.0 Å². The first-order valence-electron chi connectivity index (χ1n) is 8.84. The minimum atomic E-state index is -0.215. The zero-order chi connectivity index (χ0) is 19.1. The maximum Gasteiger partial charge on any atom is 0.272 e. The molecular weight excluding hydrogens is 340 g/mol. The summed E-state index contributed by atoms with van der Waals surface area (Å²) in [6.07, 6.45) is 0. The molecule has 0 aliphatic carbocycles. The predicted molar refractivity (Wildman–Crippen MR) is 105 cm³/mol. The highest BCUT2D eigenvalue weighted by Crippen LogP contribution is 2.15. The zero-order valence-electron chi connectivity index (χ0n) is 15.6. The van der Waals surface area contributed by atoms with Gasteiger partial charge in [0, 0.05) is 6.54 Å². The Labute approximate surface area is 159 Å². The van der Waals surface area contributed by atoms with Gasteiger partial charge in [0.2, 0.25) is 0 Å². The van der Waals surface area contributed by atoms with Crippen molar-refractivity contribution < 1.29 is 9.53 Å². The summed E-state index contributed by atoms with van der Waals surface area (Å²) in [7, 11) is 3.96. The van der Waals surface area contributed by atoms with Gasteiger partial charge in [0.25, 0.3) is 5.91 Å². The van der Waals surface area contributed by atoms with E-state index in [4.69, 9.17) is 4.74 Å². The fourth-order valence-electron chi connectivity index (χ4n) is 2.75. The average Bonchev–Trinajstić information content (AvgIpc) is 3.16. The first-order valence-corrected chi connectivity index (χ1v) is 8.84. The lowest BCUT2D eigenvalue weighted by molar-refractivity contribution is 0.0925. The number of aromatic amines is 1. The van der Waals surface area contributed by atoms with Gasteiger partial charge in [-0.25, -0.2) is 0 Å². The molecule has 1 aromatic heterocycles. The van der Waals surface area contributed by atoms with Crippen molar-refractivity contribution >= 4 is 5.91 Å². The number of carbonyl (C=O) groups excluding carboxylic acids is 1. The first-order chi connectivity index (χ1) is 13.1. The molecule has 0 fully saturated rings. The highest BCUT2D eigenvalue weighted by Gasteiger charge is 2.18. The van der Waals surface area contributed by atoms with Gasteiger partial charge in [-0.15, -0.1) is 0 Å². The van der Waals surface area contributed by atoms with Crippen molar-refractivity contribution in [2.45, 2.75) is 12.6 Å². The molecule has 0 unspecified atom stereocenters. The molecule has 3 aromatic rings. The van der Waals surface area contributed by atoms with Crippen LogP contribution >= 0.6 is 0 Å². The van der Waals surface area contributed by atoms with Gasteiger partial charge in [-0.1, -0.05) is 48.5 Å². The van der Waals surface area contributed by atoms with Crippen LogP contribution in [-0.4, -0.2) is 41.6 Å². The summed E-state index contributed by atoms with van der Waals surface area (Å²) in [5.74, 6) is 0.557. The standard InChI is InChI=1S/C21H24N4O2/c1-25(2)14-20(16-9-5-3-6-10-16)22-21(26)19-13-17(23-24-19)15-27-18-11-7-4-8-12-18/h3-13,20H,14-15H2,1-2H3,(H,22,26)(H,23,24)/t20-/m0/s1. The van der Waals surface area contributed by atoms with Gasteiger partial charge in [0.15, 0.2) is 0 Å². The van der Waals surface area contributed by atoms with E-state index in [0.29, 0.717) is 18.8 Å². The second-order valence-electron chi connectivity index (χ2n) is 6.58. The van der Waals surface area contributed by atoms with Crippen LogP contribution in [0.2, 0.25) is 0 Å². The number of hydrogen-bond donors (Lipinski definition) is 2. The van der Waals surface area contributed by atoms with Crippen molar-refractivity contribution in [3.63, 3.8) is 0 Å². The van der Waals surface area contributed by atoms with Crippen molar-refractivity contribution in [3.8, 4) is 5.75 Å². The molecule has 1 amide bonds. The highest BCUT2D eigenvalue weighted by molar-refractivity contribution is 5.92. The van der Waals surface area contributed by atoms with Crippen molar-refractivity contribution in [1.29, 1.82) is 0 Å². The topological polar surface area (TPSA) is 70.2 Å². The molecule has 0 radical (unpaired) electrons. The summed E-state index contributed by atoms with van der Waals surface area (Å²) in [4.78, 5) is 14.7. The van der Waals surface area contributed by atoms with Crippen LogP contribution in [0.1, 0.15) is 27.8 Å². The van der Waals surface area contributed by atoms with E-state index < -0.39 is 0 Å². The normalized spacial score (nSPS) is 12.0. The lowest BCUT2D eigenvalue weighted by atomic mass is 10.1. The Bertz CT molecular complexity index is 847. The van der Waals surface area contributed by atoms with Crippen LogP contribution in [0.3, 0.4) is 0 Å². The second-order valence-corrected chi connectivity index (χ2v) is 6.58. The van der Waals surface area contributed by atoms with Crippen molar-refractivity contribution in [2.75, 3.05) is 20.6 Å². The van der Waals surface area contributed by atoms with Crippen LogP contribution < -0.4 is 10.1 Å². The zero-order valence-corrected chi connectivity index (χ0v) is 15.6. The lowest BCUT2D eigenvalue weighted by Gasteiger charge is -2.22. The molecule has 0 bridgehead atoms. The predicted octanol–water partition coefficient (Wildman–Crippen LogP) is 3.02. The Morgan fingerprint density at radius 3 is 2.44 bits per heavy atom. The maximum absolute atomic E-state index is 12.6. The van der Waals surface area contributed by atoms with E-state index >= 15 is 0 Å². The Morgan fingerprint density at radius 2 is 1.78 bits per heavy atom. The van der Waals surface area contributed by atoms with Gasteiger partial charge in [0.05, 0.1) is 11.7 Å². The number of hydrogen-bond acceptors (Lipinski definition) is 4. The van der Waals surface area contributed by atoms with Gasteiger partial charge in [-0.3, -0.25) is 9.89 Å². The quantitative estimate of drug-likeness (QED) is 0.645. The molecule has 6 nitrogen and oxygen atoms in total. The molecule has 27 heavy (non-hydrogen) atoms. The largest absolute Gasteiger partial charge is 0.487 e. The number of H-pyrrole nitrogens is 1. The van der Waals surface area contributed by atoms with E-state index in [2.05, 4.69) is 15.5 Å². The fraction of sp³-hybridized carbons (Fsp3) is 0.238. The van der Waals surface area contributed by atoms with Gasteiger partial charge in [-0.2, -0.15) is 5.10 Å². The Hall–Kier alpha value is -3.12. The minimum absolute atomic E-state index is 0.116. The summed E-state index contributed by atoms with van der Waals surface area (Å²) >= 11 is 0. The van der Waals surface area contributed by atoms with E-state index in [-0.39, 0.29) is 11.9 Å². The third kappa shape index (κ3) is 5.43. The number of amides is 1. The van der Waals surface area contributed by atoms with Crippen molar-refractivity contribution in [2.24, 2.45) is 0 Å². The van der Waals surface area contributed by atoms with Crippen LogP contribution in [0.15, 0.2) is 66.7 Å². The number of nitrogens with one attached hydrogen (secondary N) is 2. The van der Waals surface area contributed by atoms with E-state index in [1.807, 2.05) is 79.7 Å². The van der Waals surface area contributed by atoms with E-state index in [1.165, 1.54) is 0 Å². The number of para-hydroxylation sites is 1. The fourth-order valence-corrected chi connectivity index (χ4v) is 2.75. The molecule has 1 heterocycles. The number of benzene rings is 2. The smallest absolute Gasteiger partial charge is 0.272 e. The van der Waals surface area contributed by atoms with E-state index in [1.54, 1.807) is 6.07 Å². The number of carbonyl (C=O) groups is 1. The SMILES string of the molecule is CN(C)C[C@H](NC(=O)c1cc(COc2ccccc2)[nH]n1)c1ccccc1. The van der Waals surface area contributed by atoms with Crippen molar-refractivity contribution in [3.05, 3.63) is 83.7 Å². The van der Waals surface area contributed by atoms with Crippen LogP contribution in [0.25, 0.3) is 0 Å². The summed E-state index contributed by atoms with van der Waals surface area (Å²) in [5.41, 5.74) is 2.15. The molecule has 1 atom stereocenters. The van der Waals surface area contributed by atoms with E-state index in [0.717, 1.165) is 17.0 Å². The summed E-state index contributed by atoms with van der Waals surface area (Å²) in [6.45, 7) is 1.02. The molecule has 0 saturated carbocycles. The molecule has 3 rings (SSSR count). The number of nitrogens with zero attached hydrogens (tertiary/aromatic N) is 2. The monoisotopic (exact) mass is 364 g/mol.